The first-order valence-corrected chi connectivity index (χ1v) is 2.53. The van der Waals surface area contributed by atoms with Crippen LogP contribution < -0.4 is 5.73 Å². The van der Waals surface area contributed by atoms with Crippen molar-refractivity contribution in [2.24, 2.45) is 5.73 Å². The smallest absolute Gasteiger partial charge is 0.321 e. The van der Waals surface area contributed by atoms with Crippen LogP contribution in [0.1, 0.15) is 6.42 Å². The third-order valence-electron chi connectivity index (χ3n) is 0.712. The van der Waals surface area contributed by atoms with Crippen LogP contribution in [-0.2, 0) is 44.8 Å². The predicted octanol–water partition coefficient (Wildman–Crippen LogP) is -3.16. The molecule has 1 unspecified atom stereocenters. The van der Waals surface area contributed by atoms with Crippen molar-refractivity contribution in [1.82, 2.24) is 0 Å². The Bertz CT molecular complexity index is 153. The van der Waals surface area contributed by atoms with E-state index in [0.29, 0.717) is 0 Å². The van der Waals surface area contributed by atoms with Gasteiger partial charge in [0.25, 0.3) is 0 Å². The average Bonchev–Trinajstić information content (AvgIpc) is 1.90. The van der Waals surface area contributed by atoms with E-state index in [1.165, 1.54) is 0 Å². The molecule has 0 amide bonds. The van der Waals surface area contributed by atoms with Gasteiger partial charge in [0.2, 0.25) is 0 Å². The van der Waals surface area contributed by atoms with Gasteiger partial charge in [0.15, 0.2) is 0 Å². The number of hydrogen-bond donors (Lipinski definition) is 3. The van der Waals surface area contributed by atoms with Gasteiger partial charge >= 0.3 is 11.9 Å². The molecule has 1 atom stereocenters. The Morgan fingerprint density at radius 2 is 1.50 bits per heavy atom. The van der Waals surface area contributed by atoms with Crippen LogP contribution in [0.4, 0.5) is 0 Å². The van der Waals surface area contributed by atoms with Crippen LogP contribution in [0, 0.1) is 0 Å². The maximum absolute atomic E-state index is 9.85. The van der Waals surface area contributed by atoms with E-state index in [4.69, 9.17) is 20.7 Å². The van der Waals surface area contributed by atoms with E-state index >= 15 is 0 Å². The van der Waals surface area contributed by atoms with Crippen molar-refractivity contribution in [3.05, 3.63) is 0 Å². The molecule has 0 aromatic rings. The number of carboxylic acid groups (broad SMARTS) is 2. The minimum atomic E-state index is -1.29. The largest absolute Gasteiger partial charge is 0.481 e. The fraction of sp³-hybridized carbons (Fsp3) is 0.400. The zero-order chi connectivity index (χ0) is 9.44. The second kappa shape index (κ2) is 18.0. The summed E-state index contributed by atoms with van der Waals surface area (Å²) in [6.07, 6.45) is -0.532. The van der Waals surface area contributed by atoms with Crippen LogP contribution in [0.2, 0.25) is 0 Å². The van der Waals surface area contributed by atoms with Gasteiger partial charge in [-0.15, -0.1) is 0 Å². The molecule has 0 radical (unpaired) electrons. The minimum absolute atomic E-state index is 0. The van der Waals surface area contributed by atoms with Gasteiger partial charge in [-0.1, -0.05) is 0 Å². The molecule has 0 aliphatic heterocycles. The van der Waals surface area contributed by atoms with Crippen molar-refractivity contribution in [1.29, 1.82) is 0 Å². The Hall–Kier alpha value is -0.887. The van der Waals surface area contributed by atoms with Crippen LogP contribution in [0.3, 0.4) is 0 Å². The van der Waals surface area contributed by atoms with Gasteiger partial charge in [-0.3, -0.25) is 9.59 Å². The number of carbonyl (C=O) groups excluding carboxylic acids is 1. The van der Waals surface area contributed by atoms with Crippen molar-refractivity contribution in [3.8, 4) is 0 Å². The van der Waals surface area contributed by atoms with E-state index in [0.717, 1.165) is 0 Å². The Kier molecular flexibility index (Phi) is 37.6. The minimum Gasteiger partial charge on any atom is -0.481 e. The molecule has 0 aliphatic carbocycles. The third-order valence-corrected chi connectivity index (χ3v) is 0.712. The molecule has 0 saturated heterocycles. The standard InChI is InChI=1S/C4H7NO4.CH2O.2H2O.Zn/c5-2(4(8)9)1-3(6)7;1-2;;;/h2H,1,5H2,(H,6,7)(H,8,9);1H2;2*1H2;/p+2. The molecular weight excluding hydrogens is 251 g/mol. The maximum Gasteiger partial charge on any atom is 0.321 e. The normalized spacial score (nSPS) is 8.36. The fourth-order valence-corrected chi connectivity index (χ4v) is 0.275. The number of nitrogens with two attached hydrogens (primary N) is 1. The topological polar surface area (TPSA) is 184 Å². The first kappa shape index (κ1) is 29.2. The summed E-state index contributed by atoms with van der Waals surface area (Å²) in [6, 6.07) is -1.29. The Labute approximate surface area is 92.5 Å². The Balaban J connectivity index is -0.0000000505. The Morgan fingerprint density at radius 3 is 1.57 bits per heavy atom. The van der Waals surface area contributed by atoms with E-state index in [-0.39, 0.29) is 30.4 Å². The average molecular weight is 267 g/mol. The van der Waals surface area contributed by atoms with E-state index in [1.54, 1.807) is 0 Å². The van der Waals surface area contributed by atoms with Gasteiger partial charge in [0.05, 0.1) is 6.42 Å². The van der Waals surface area contributed by atoms with Crippen molar-refractivity contribution < 1.29 is 55.0 Å². The molecule has 0 saturated carbocycles. The number of carboxylic acids is 2. The predicted molar refractivity (Wildman–Crippen MR) is 44.7 cm³/mol. The summed E-state index contributed by atoms with van der Waals surface area (Å²) in [4.78, 5) is 27.6. The summed E-state index contributed by atoms with van der Waals surface area (Å²) in [5.74, 6) is -2.50. The number of carbonyl (C=O) groups is 3. The molecule has 82 valence electrons. The molecular formula is C5H15NO7Zn+2. The van der Waals surface area contributed by atoms with Gasteiger partial charge in [-0.25, -0.2) is 0 Å². The SMILES string of the molecule is C=O.NC(CC(=O)O)C(=O)O.[OH3+].[OH3+].[Zn]. The van der Waals surface area contributed by atoms with E-state index in [2.05, 4.69) is 0 Å². The van der Waals surface area contributed by atoms with Crippen molar-refractivity contribution in [2.75, 3.05) is 0 Å². The summed E-state index contributed by atoms with van der Waals surface area (Å²) in [5.41, 5.74) is 4.84. The van der Waals surface area contributed by atoms with E-state index in [9.17, 15) is 9.59 Å². The molecule has 0 aromatic carbocycles. The molecule has 0 aromatic heterocycles. The fourth-order valence-electron chi connectivity index (χ4n) is 0.275. The summed E-state index contributed by atoms with van der Waals surface area (Å²) < 4.78 is 0. The number of rotatable bonds is 3. The molecule has 14 heavy (non-hydrogen) atoms. The summed E-state index contributed by atoms with van der Waals surface area (Å²) in [7, 11) is 0. The van der Waals surface area contributed by atoms with Crippen molar-refractivity contribution in [2.45, 2.75) is 12.5 Å². The molecule has 0 heterocycles. The summed E-state index contributed by atoms with van der Waals surface area (Å²) >= 11 is 0. The van der Waals surface area contributed by atoms with Crippen molar-refractivity contribution in [3.63, 3.8) is 0 Å². The molecule has 0 rings (SSSR count). The molecule has 8 nitrogen and oxygen atoms in total. The van der Waals surface area contributed by atoms with Crippen LogP contribution in [0.15, 0.2) is 0 Å². The van der Waals surface area contributed by atoms with Gasteiger partial charge in [-0.05, 0) is 0 Å². The van der Waals surface area contributed by atoms with Gasteiger partial charge in [0, 0.05) is 19.5 Å². The van der Waals surface area contributed by atoms with E-state index in [1.807, 2.05) is 6.79 Å². The zero-order valence-electron chi connectivity index (χ0n) is 7.55. The van der Waals surface area contributed by atoms with Crippen LogP contribution in [-0.4, -0.2) is 35.0 Å². The van der Waals surface area contributed by atoms with Gasteiger partial charge < -0.3 is 31.7 Å². The molecule has 10 N–H and O–H groups in total. The van der Waals surface area contributed by atoms with E-state index < -0.39 is 24.4 Å². The van der Waals surface area contributed by atoms with Crippen molar-refractivity contribution >= 4 is 18.7 Å². The monoisotopic (exact) mass is 265 g/mol. The molecule has 0 aliphatic rings. The first-order chi connectivity index (χ1) is 5.04. The zero-order valence-corrected chi connectivity index (χ0v) is 10.5. The van der Waals surface area contributed by atoms with Crippen LogP contribution in [0.5, 0.6) is 0 Å². The molecule has 0 fully saturated rings. The number of aliphatic carboxylic acids is 2. The summed E-state index contributed by atoms with van der Waals surface area (Å²) in [5, 5.41) is 16.0. The quantitative estimate of drug-likeness (QED) is 0.357. The van der Waals surface area contributed by atoms with Crippen LogP contribution in [0.25, 0.3) is 0 Å². The van der Waals surface area contributed by atoms with Crippen LogP contribution >= 0.6 is 0 Å². The first-order valence-electron chi connectivity index (χ1n) is 2.53. The number of hydrogen-bond acceptors (Lipinski definition) is 4. The van der Waals surface area contributed by atoms with Gasteiger partial charge in [-0.2, -0.15) is 0 Å². The maximum atomic E-state index is 9.85. The molecule has 0 spiro atoms. The molecule has 9 heteroatoms. The second-order valence-electron chi connectivity index (χ2n) is 1.54. The third kappa shape index (κ3) is 22.5. The Morgan fingerprint density at radius 1 is 1.21 bits per heavy atom. The molecule has 0 bridgehead atoms. The summed E-state index contributed by atoms with van der Waals surface area (Å²) in [6.45, 7) is 2.00. The second-order valence-corrected chi connectivity index (χ2v) is 1.54. The van der Waals surface area contributed by atoms with Gasteiger partial charge in [0.1, 0.15) is 12.8 Å².